The van der Waals surface area contributed by atoms with Gasteiger partial charge >= 0.3 is 12.0 Å². The van der Waals surface area contributed by atoms with Crippen LogP contribution in [0.5, 0.6) is 0 Å². The van der Waals surface area contributed by atoms with E-state index in [0.717, 1.165) is 19.4 Å². The molecule has 0 aliphatic heterocycles. The second-order valence-corrected chi connectivity index (χ2v) is 5.78. The molecule has 2 amide bonds. The molecule has 0 aromatic rings. The van der Waals surface area contributed by atoms with Crippen LogP contribution in [-0.4, -0.2) is 41.1 Å². The molecule has 0 spiro atoms. The molecule has 118 valence electrons. The number of nitrogens with zero attached hydrogens (tertiary/aromatic N) is 1. The summed E-state index contributed by atoms with van der Waals surface area (Å²) in [7, 11) is 0. The van der Waals surface area contributed by atoms with Crippen molar-refractivity contribution in [2.75, 3.05) is 13.1 Å². The van der Waals surface area contributed by atoms with Gasteiger partial charge in [0.05, 0.1) is 5.92 Å². The Morgan fingerprint density at radius 3 is 2.10 bits per heavy atom. The van der Waals surface area contributed by atoms with E-state index in [9.17, 15) is 9.59 Å². The molecule has 0 aliphatic carbocycles. The topological polar surface area (TPSA) is 69.6 Å². The average Bonchev–Trinajstić information content (AvgIpc) is 2.37. The maximum Gasteiger partial charge on any atom is 0.317 e. The summed E-state index contributed by atoms with van der Waals surface area (Å²) in [5.74, 6) is -0.834. The predicted octanol–water partition coefficient (Wildman–Crippen LogP) is 2.95. The Morgan fingerprint density at radius 2 is 1.70 bits per heavy atom. The lowest BCUT2D eigenvalue weighted by Gasteiger charge is -2.32. The van der Waals surface area contributed by atoms with E-state index in [1.165, 1.54) is 0 Å². The van der Waals surface area contributed by atoms with Crippen molar-refractivity contribution in [3.63, 3.8) is 0 Å². The van der Waals surface area contributed by atoms with Crippen LogP contribution in [0.2, 0.25) is 0 Å². The number of carbonyl (C=O) groups is 2. The number of amides is 2. The van der Waals surface area contributed by atoms with E-state index in [0.29, 0.717) is 18.9 Å². The lowest BCUT2D eigenvalue weighted by atomic mass is 10.1. The minimum absolute atomic E-state index is 0.0787. The van der Waals surface area contributed by atoms with Crippen molar-refractivity contribution in [3.8, 4) is 0 Å². The fourth-order valence-corrected chi connectivity index (χ4v) is 2.14. The summed E-state index contributed by atoms with van der Waals surface area (Å²) in [6.07, 6.45) is 2.32. The third-order valence-corrected chi connectivity index (χ3v) is 3.48. The van der Waals surface area contributed by atoms with E-state index in [4.69, 9.17) is 5.11 Å². The van der Waals surface area contributed by atoms with Gasteiger partial charge in [0, 0.05) is 19.1 Å². The van der Waals surface area contributed by atoms with Gasteiger partial charge in [-0.1, -0.05) is 34.6 Å². The molecule has 5 nitrogen and oxygen atoms in total. The van der Waals surface area contributed by atoms with Gasteiger partial charge in [0.2, 0.25) is 0 Å². The fraction of sp³-hybridized carbons (Fsp3) is 0.867. The van der Waals surface area contributed by atoms with E-state index in [2.05, 4.69) is 33.0 Å². The molecule has 5 heteroatoms. The normalized spacial score (nSPS) is 12.6. The summed E-state index contributed by atoms with van der Waals surface area (Å²) in [6.45, 7) is 11.1. The van der Waals surface area contributed by atoms with E-state index >= 15 is 0 Å². The summed E-state index contributed by atoms with van der Waals surface area (Å²) >= 11 is 0. The fourth-order valence-electron chi connectivity index (χ4n) is 2.14. The monoisotopic (exact) mass is 286 g/mol. The number of urea groups is 1. The summed E-state index contributed by atoms with van der Waals surface area (Å²) in [5.41, 5.74) is 0. The molecule has 20 heavy (non-hydrogen) atoms. The van der Waals surface area contributed by atoms with Gasteiger partial charge in [-0.2, -0.15) is 0 Å². The van der Waals surface area contributed by atoms with Gasteiger partial charge in [-0.25, -0.2) is 4.79 Å². The Bertz CT molecular complexity index is 301. The molecule has 1 unspecified atom stereocenters. The standard InChI is InChI=1S/C15H30N2O3/c1-6-13(7-2)17(10-11(3)4)15(20)16-9-8-12(5)14(18)19/h11-13H,6-10H2,1-5H3,(H,16,20)(H,18,19). The lowest BCUT2D eigenvalue weighted by molar-refractivity contribution is -0.141. The smallest absolute Gasteiger partial charge is 0.317 e. The van der Waals surface area contributed by atoms with E-state index in [-0.39, 0.29) is 12.1 Å². The van der Waals surface area contributed by atoms with Crippen molar-refractivity contribution < 1.29 is 14.7 Å². The third-order valence-electron chi connectivity index (χ3n) is 3.48. The molecule has 0 radical (unpaired) electrons. The van der Waals surface area contributed by atoms with Crippen LogP contribution in [0.25, 0.3) is 0 Å². The van der Waals surface area contributed by atoms with Crippen LogP contribution in [0, 0.1) is 11.8 Å². The third kappa shape index (κ3) is 6.78. The molecule has 0 aliphatic rings. The van der Waals surface area contributed by atoms with Gasteiger partial charge in [-0.3, -0.25) is 4.79 Å². The van der Waals surface area contributed by atoms with Gasteiger partial charge < -0.3 is 15.3 Å². The number of aliphatic carboxylic acids is 1. The van der Waals surface area contributed by atoms with Crippen molar-refractivity contribution in [1.82, 2.24) is 10.2 Å². The van der Waals surface area contributed by atoms with Crippen molar-refractivity contribution in [2.24, 2.45) is 11.8 Å². The minimum Gasteiger partial charge on any atom is -0.481 e. The molecule has 0 rings (SSSR count). The first-order valence-electron chi connectivity index (χ1n) is 7.60. The predicted molar refractivity (Wildman–Crippen MR) is 80.7 cm³/mol. The number of nitrogens with one attached hydrogen (secondary N) is 1. The van der Waals surface area contributed by atoms with Crippen molar-refractivity contribution in [2.45, 2.75) is 59.9 Å². The van der Waals surface area contributed by atoms with Crippen LogP contribution in [0.4, 0.5) is 4.79 Å². The quantitative estimate of drug-likeness (QED) is 0.684. The Morgan fingerprint density at radius 1 is 1.15 bits per heavy atom. The first-order valence-corrected chi connectivity index (χ1v) is 7.60. The largest absolute Gasteiger partial charge is 0.481 e. The Kier molecular flexibility index (Phi) is 9.01. The van der Waals surface area contributed by atoms with Crippen LogP contribution >= 0.6 is 0 Å². The minimum atomic E-state index is -0.821. The van der Waals surface area contributed by atoms with Gasteiger partial charge in [-0.05, 0) is 25.2 Å². The van der Waals surface area contributed by atoms with E-state index in [1.807, 2.05) is 4.90 Å². The van der Waals surface area contributed by atoms with Crippen LogP contribution in [-0.2, 0) is 4.79 Å². The van der Waals surface area contributed by atoms with Gasteiger partial charge in [-0.15, -0.1) is 0 Å². The highest BCUT2D eigenvalue weighted by molar-refractivity contribution is 5.74. The summed E-state index contributed by atoms with van der Waals surface area (Å²) in [6, 6.07) is 0.166. The zero-order chi connectivity index (χ0) is 15.7. The van der Waals surface area contributed by atoms with E-state index in [1.54, 1.807) is 6.92 Å². The Balaban J connectivity index is 4.44. The van der Waals surface area contributed by atoms with E-state index < -0.39 is 11.9 Å². The summed E-state index contributed by atoms with van der Waals surface area (Å²) in [4.78, 5) is 24.9. The van der Waals surface area contributed by atoms with Crippen LogP contribution in [0.3, 0.4) is 0 Å². The first-order chi connectivity index (χ1) is 9.33. The lowest BCUT2D eigenvalue weighted by Crippen LogP contribution is -2.47. The maximum absolute atomic E-state index is 12.3. The molecule has 0 fully saturated rings. The van der Waals surface area contributed by atoms with Crippen LogP contribution in [0.1, 0.15) is 53.9 Å². The molecule has 0 saturated heterocycles. The number of carboxylic acid groups (broad SMARTS) is 1. The zero-order valence-corrected chi connectivity index (χ0v) is 13.5. The molecule has 0 aromatic heterocycles. The number of rotatable bonds is 9. The first kappa shape index (κ1) is 18.7. The Hall–Kier alpha value is -1.26. The molecular weight excluding hydrogens is 256 g/mol. The SMILES string of the molecule is CCC(CC)N(CC(C)C)C(=O)NCCC(C)C(=O)O. The molecule has 2 N–H and O–H groups in total. The highest BCUT2D eigenvalue weighted by Gasteiger charge is 2.22. The van der Waals surface area contributed by atoms with Gasteiger partial charge in [0.1, 0.15) is 0 Å². The van der Waals surface area contributed by atoms with Crippen molar-refractivity contribution in [1.29, 1.82) is 0 Å². The number of hydrogen-bond acceptors (Lipinski definition) is 2. The second kappa shape index (κ2) is 9.61. The van der Waals surface area contributed by atoms with Crippen LogP contribution in [0.15, 0.2) is 0 Å². The van der Waals surface area contributed by atoms with Crippen molar-refractivity contribution in [3.05, 3.63) is 0 Å². The highest BCUT2D eigenvalue weighted by atomic mass is 16.4. The van der Waals surface area contributed by atoms with Crippen molar-refractivity contribution >= 4 is 12.0 Å². The maximum atomic E-state index is 12.3. The zero-order valence-electron chi connectivity index (χ0n) is 13.5. The number of carboxylic acids is 1. The molecule has 1 atom stereocenters. The summed E-state index contributed by atoms with van der Waals surface area (Å²) < 4.78 is 0. The number of carbonyl (C=O) groups excluding carboxylic acids is 1. The second-order valence-electron chi connectivity index (χ2n) is 5.78. The van der Waals surface area contributed by atoms with Gasteiger partial charge in [0.15, 0.2) is 0 Å². The average molecular weight is 286 g/mol. The Labute approximate surface area is 122 Å². The molecule has 0 bridgehead atoms. The molecular formula is C15H30N2O3. The molecule has 0 heterocycles. The van der Waals surface area contributed by atoms with Crippen LogP contribution < -0.4 is 5.32 Å². The van der Waals surface area contributed by atoms with Gasteiger partial charge in [0.25, 0.3) is 0 Å². The molecule has 0 saturated carbocycles. The molecule has 0 aromatic carbocycles. The highest BCUT2D eigenvalue weighted by Crippen LogP contribution is 2.12. The summed E-state index contributed by atoms with van der Waals surface area (Å²) in [5, 5.41) is 11.7. The number of hydrogen-bond donors (Lipinski definition) is 2.